The van der Waals surface area contributed by atoms with Crippen molar-refractivity contribution in [2.45, 2.75) is 26.7 Å². The summed E-state index contributed by atoms with van der Waals surface area (Å²) in [5.41, 5.74) is 2.26. The normalized spacial score (nSPS) is 18.1. The number of carbonyl (C=O) groups excluding carboxylic acids is 1. The third kappa shape index (κ3) is 4.78. The molecule has 0 bridgehead atoms. The topological polar surface area (TPSA) is 64.6 Å². The predicted octanol–water partition coefficient (Wildman–Crippen LogP) is 3.13. The standard InChI is InChI=1S/C22H30N6O/c1-17-8-11-27(12-9-17)20-5-3-19(4-6-20)24-22-23-10-7-21(25-22)28-15-13-26(14-16-28)18(2)29/h3-7,10,17H,8-9,11-16H2,1-2H3,(H,23,24,25). The lowest BCUT2D eigenvalue weighted by Crippen LogP contribution is -2.48. The maximum atomic E-state index is 11.5. The molecule has 0 saturated carbocycles. The van der Waals surface area contributed by atoms with Crippen LogP contribution in [0.3, 0.4) is 0 Å². The fourth-order valence-electron chi connectivity index (χ4n) is 3.99. The number of aromatic nitrogens is 2. The SMILES string of the molecule is CC(=O)N1CCN(c2ccnc(Nc3ccc(N4CCC(C)CC4)cc3)n2)CC1. The van der Waals surface area contributed by atoms with Gasteiger partial charge < -0.3 is 20.0 Å². The molecule has 4 rings (SSSR count). The molecule has 0 unspecified atom stereocenters. The van der Waals surface area contributed by atoms with Gasteiger partial charge in [-0.2, -0.15) is 4.98 Å². The highest BCUT2D eigenvalue weighted by Crippen LogP contribution is 2.25. The second kappa shape index (κ2) is 8.68. The molecule has 7 nitrogen and oxygen atoms in total. The summed E-state index contributed by atoms with van der Waals surface area (Å²) in [7, 11) is 0. The largest absolute Gasteiger partial charge is 0.372 e. The average Bonchev–Trinajstić information content (AvgIpc) is 2.75. The number of hydrogen-bond donors (Lipinski definition) is 1. The minimum absolute atomic E-state index is 0.136. The zero-order valence-corrected chi connectivity index (χ0v) is 17.3. The van der Waals surface area contributed by atoms with Gasteiger partial charge in [0.1, 0.15) is 5.82 Å². The number of carbonyl (C=O) groups is 1. The summed E-state index contributed by atoms with van der Waals surface area (Å²) in [6.07, 6.45) is 4.31. The smallest absolute Gasteiger partial charge is 0.229 e. The van der Waals surface area contributed by atoms with Crippen LogP contribution in [0.5, 0.6) is 0 Å². The van der Waals surface area contributed by atoms with Gasteiger partial charge in [0.25, 0.3) is 0 Å². The third-order valence-corrected chi connectivity index (χ3v) is 5.96. The van der Waals surface area contributed by atoms with Crippen LogP contribution in [-0.2, 0) is 4.79 Å². The summed E-state index contributed by atoms with van der Waals surface area (Å²) in [4.78, 5) is 27.1. The maximum absolute atomic E-state index is 11.5. The molecule has 0 radical (unpaired) electrons. The van der Waals surface area contributed by atoms with Crippen LogP contribution in [0.25, 0.3) is 0 Å². The van der Waals surface area contributed by atoms with E-state index >= 15 is 0 Å². The van der Waals surface area contributed by atoms with Gasteiger partial charge in [-0.15, -0.1) is 0 Å². The Morgan fingerprint density at radius 2 is 1.66 bits per heavy atom. The number of rotatable bonds is 4. The first-order valence-electron chi connectivity index (χ1n) is 10.5. The van der Waals surface area contributed by atoms with Crippen molar-refractivity contribution in [2.24, 2.45) is 5.92 Å². The van der Waals surface area contributed by atoms with Crippen LogP contribution in [0.4, 0.5) is 23.1 Å². The lowest BCUT2D eigenvalue weighted by molar-refractivity contribution is -0.129. The van der Waals surface area contributed by atoms with Gasteiger partial charge in [0, 0.05) is 63.8 Å². The Labute approximate surface area is 172 Å². The summed E-state index contributed by atoms with van der Waals surface area (Å²) >= 11 is 0. The van der Waals surface area contributed by atoms with Crippen LogP contribution < -0.4 is 15.1 Å². The Morgan fingerprint density at radius 3 is 2.31 bits per heavy atom. The van der Waals surface area contributed by atoms with Gasteiger partial charge in [-0.3, -0.25) is 4.79 Å². The number of amides is 1. The van der Waals surface area contributed by atoms with E-state index in [1.165, 1.54) is 18.5 Å². The summed E-state index contributed by atoms with van der Waals surface area (Å²) in [6, 6.07) is 10.4. The molecule has 7 heteroatoms. The molecule has 1 aromatic carbocycles. The molecule has 0 atom stereocenters. The van der Waals surface area contributed by atoms with E-state index in [1.54, 1.807) is 13.1 Å². The van der Waals surface area contributed by atoms with Gasteiger partial charge in [-0.25, -0.2) is 4.98 Å². The predicted molar refractivity (Wildman–Crippen MR) is 117 cm³/mol. The van der Waals surface area contributed by atoms with Gasteiger partial charge in [-0.05, 0) is 49.1 Å². The number of nitrogens with one attached hydrogen (secondary N) is 1. The first-order chi connectivity index (χ1) is 14.1. The number of benzene rings is 1. The van der Waals surface area contributed by atoms with Crippen LogP contribution in [0.15, 0.2) is 36.5 Å². The maximum Gasteiger partial charge on any atom is 0.229 e. The number of piperazine rings is 1. The Kier molecular flexibility index (Phi) is 5.83. The van der Waals surface area contributed by atoms with Crippen molar-refractivity contribution in [2.75, 3.05) is 54.4 Å². The molecule has 2 saturated heterocycles. The second-order valence-corrected chi connectivity index (χ2v) is 8.07. The van der Waals surface area contributed by atoms with Crippen LogP contribution >= 0.6 is 0 Å². The van der Waals surface area contributed by atoms with Crippen molar-refractivity contribution in [1.82, 2.24) is 14.9 Å². The molecule has 2 fully saturated rings. The molecule has 1 amide bonds. The summed E-state index contributed by atoms with van der Waals surface area (Å²) in [5.74, 6) is 2.46. The molecule has 0 aliphatic carbocycles. The quantitative estimate of drug-likeness (QED) is 0.860. The first kappa shape index (κ1) is 19.5. The molecular formula is C22H30N6O. The molecule has 2 aliphatic heterocycles. The molecule has 2 aliphatic rings. The molecule has 1 N–H and O–H groups in total. The second-order valence-electron chi connectivity index (χ2n) is 8.07. The highest BCUT2D eigenvalue weighted by molar-refractivity contribution is 5.73. The first-order valence-corrected chi connectivity index (χ1v) is 10.5. The zero-order valence-electron chi connectivity index (χ0n) is 17.3. The average molecular weight is 395 g/mol. The molecule has 29 heavy (non-hydrogen) atoms. The summed E-state index contributed by atoms with van der Waals surface area (Å²) in [6.45, 7) is 9.28. The van der Waals surface area contributed by atoms with Gasteiger partial charge in [0.15, 0.2) is 0 Å². The van der Waals surface area contributed by atoms with Crippen LogP contribution in [0.2, 0.25) is 0 Å². The molecule has 2 aromatic rings. The van der Waals surface area contributed by atoms with Crippen molar-refractivity contribution in [3.05, 3.63) is 36.5 Å². The fourth-order valence-corrected chi connectivity index (χ4v) is 3.99. The molecule has 154 valence electrons. The van der Waals surface area contributed by atoms with Crippen molar-refractivity contribution >= 4 is 29.0 Å². The minimum atomic E-state index is 0.136. The van der Waals surface area contributed by atoms with E-state index in [0.717, 1.165) is 56.7 Å². The third-order valence-electron chi connectivity index (χ3n) is 5.96. The summed E-state index contributed by atoms with van der Waals surface area (Å²) in [5, 5.41) is 3.32. The molecule has 1 aromatic heterocycles. The molecular weight excluding hydrogens is 364 g/mol. The van der Waals surface area contributed by atoms with Crippen molar-refractivity contribution in [3.63, 3.8) is 0 Å². The van der Waals surface area contributed by atoms with E-state index in [-0.39, 0.29) is 5.91 Å². The fraction of sp³-hybridized carbons (Fsp3) is 0.500. The Morgan fingerprint density at radius 1 is 0.966 bits per heavy atom. The molecule has 0 spiro atoms. The molecule has 3 heterocycles. The van der Waals surface area contributed by atoms with Crippen LogP contribution in [0, 0.1) is 5.92 Å². The lowest BCUT2D eigenvalue weighted by Gasteiger charge is -2.34. The van der Waals surface area contributed by atoms with Gasteiger partial charge in [-0.1, -0.05) is 6.92 Å². The zero-order chi connectivity index (χ0) is 20.2. The van der Waals surface area contributed by atoms with E-state index < -0.39 is 0 Å². The Hall–Kier alpha value is -2.83. The van der Waals surface area contributed by atoms with E-state index in [2.05, 4.69) is 56.3 Å². The van der Waals surface area contributed by atoms with Gasteiger partial charge in [0.05, 0.1) is 0 Å². The number of anilines is 4. The number of piperidine rings is 1. The Bertz CT molecular complexity index is 823. The number of hydrogen-bond acceptors (Lipinski definition) is 6. The van der Waals surface area contributed by atoms with Crippen molar-refractivity contribution in [3.8, 4) is 0 Å². The highest BCUT2D eigenvalue weighted by Gasteiger charge is 2.20. The van der Waals surface area contributed by atoms with E-state index in [0.29, 0.717) is 5.95 Å². The van der Waals surface area contributed by atoms with Crippen LogP contribution in [-0.4, -0.2) is 60.0 Å². The van der Waals surface area contributed by atoms with Gasteiger partial charge in [0.2, 0.25) is 11.9 Å². The van der Waals surface area contributed by atoms with E-state index in [4.69, 9.17) is 0 Å². The van der Waals surface area contributed by atoms with Crippen LogP contribution in [0.1, 0.15) is 26.7 Å². The Balaban J connectivity index is 1.37. The van der Waals surface area contributed by atoms with E-state index in [1.807, 2.05) is 11.0 Å². The number of nitrogens with zero attached hydrogens (tertiary/aromatic N) is 5. The minimum Gasteiger partial charge on any atom is -0.372 e. The highest BCUT2D eigenvalue weighted by atomic mass is 16.2. The monoisotopic (exact) mass is 394 g/mol. The van der Waals surface area contributed by atoms with Crippen molar-refractivity contribution in [1.29, 1.82) is 0 Å². The van der Waals surface area contributed by atoms with Gasteiger partial charge >= 0.3 is 0 Å². The van der Waals surface area contributed by atoms with E-state index in [9.17, 15) is 4.79 Å². The van der Waals surface area contributed by atoms with Crippen molar-refractivity contribution < 1.29 is 4.79 Å². The summed E-state index contributed by atoms with van der Waals surface area (Å²) < 4.78 is 0. The lowest BCUT2D eigenvalue weighted by atomic mass is 9.99.